The number of hydrogen-bond donors (Lipinski definition) is 0. The fourth-order valence-corrected chi connectivity index (χ4v) is 6.81. The summed E-state index contributed by atoms with van der Waals surface area (Å²) in [7, 11) is 0. The van der Waals surface area contributed by atoms with E-state index in [0.717, 1.165) is 55.8 Å². The molecule has 0 saturated carbocycles. The van der Waals surface area contributed by atoms with Gasteiger partial charge in [-0.3, -0.25) is 9.13 Å². The van der Waals surface area contributed by atoms with Crippen molar-refractivity contribution < 1.29 is 9.47 Å². The minimum atomic E-state index is 0.698. The Labute approximate surface area is 297 Å². The van der Waals surface area contributed by atoms with Gasteiger partial charge in [-0.05, 0) is 84.9 Å². The number of rotatable bonds is 8. The molecule has 10 aromatic rings. The minimum Gasteiger partial charge on any atom is -0.457 e. The van der Waals surface area contributed by atoms with Crippen LogP contribution in [0.3, 0.4) is 0 Å². The highest BCUT2D eigenvalue weighted by molar-refractivity contribution is 6.20. The Kier molecular flexibility index (Phi) is 6.88. The maximum absolute atomic E-state index is 6.48. The standard InChI is InChI=1S/C42H28N8O2/c1-3-19-43-39(13-1)49-37-27-33(51-31-11-5-9-29(25-31)47-23-7-21-45-47)15-17-35(37)42-41(49)36-18-16-34(28-38(36)50(42)40-14-2-4-20-44-40)52-32-12-6-10-30(26-32)48-24-8-22-46-48/h1-28H. The fourth-order valence-electron chi connectivity index (χ4n) is 6.81. The zero-order valence-corrected chi connectivity index (χ0v) is 27.6. The van der Waals surface area contributed by atoms with Gasteiger partial charge in [0.2, 0.25) is 0 Å². The quantitative estimate of drug-likeness (QED) is 0.159. The van der Waals surface area contributed by atoms with Crippen molar-refractivity contribution in [2.45, 2.75) is 0 Å². The van der Waals surface area contributed by atoms with Crippen molar-refractivity contribution in [3.8, 4) is 46.0 Å². The van der Waals surface area contributed by atoms with E-state index in [1.165, 1.54) is 0 Å². The van der Waals surface area contributed by atoms with Gasteiger partial charge in [0.1, 0.15) is 34.6 Å². The number of pyridine rings is 2. The molecule has 0 unspecified atom stereocenters. The average Bonchev–Trinajstić information content (AvgIpc) is 4.02. The molecular weight excluding hydrogens is 649 g/mol. The molecule has 4 aromatic carbocycles. The molecule has 0 bridgehead atoms. The van der Waals surface area contributed by atoms with E-state index in [-0.39, 0.29) is 0 Å². The van der Waals surface area contributed by atoms with Gasteiger partial charge in [-0.2, -0.15) is 10.2 Å². The van der Waals surface area contributed by atoms with Crippen LogP contribution in [-0.2, 0) is 0 Å². The molecule has 0 saturated heterocycles. The van der Waals surface area contributed by atoms with Crippen molar-refractivity contribution in [2.24, 2.45) is 0 Å². The molecule has 52 heavy (non-hydrogen) atoms. The van der Waals surface area contributed by atoms with Crippen molar-refractivity contribution in [3.05, 3.63) is 171 Å². The second-order valence-corrected chi connectivity index (χ2v) is 12.2. The number of fused-ring (bicyclic) bond motifs is 5. The van der Waals surface area contributed by atoms with Gasteiger partial charge in [0.05, 0.1) is 33.4 Å². The van der Waals surface area contributed by atoms with Gasteiger partial charge >= 0.3 is 0 Å². The van der Waals surface area contributed by atoms with Crippen LogP contribution in [0.4, 0.5) is 0 Å². The lowest BCUT2D eigenvalue weighted by molar-refractivity contribution is 0.482. The predicted molar refractivity (Wildman–Crippen MR) is 200 cm³/mol. The molecule has 0 fully saturated rings. The highest BCUT2D eigenvalue weighted by atomic mass is 16.5. The average molecular weight is 677 g/mol. The Morgan fingerprint density at radius 1 is 0.404 bits per heavy atom. The van der Waals surface area contributed by atoms with Gasteiger partial charge in [-0.25, -0.2) is 19.3 Å². The molecule has 248 valence electrons. The van der Waals surface area contributed by atoms with Crippen LogP contribution in [0.2, 0.25) is 0 Å². The summed E-state index contributed by atoms with van der Waals surface area (Å²) < 4.78 is 21.0. The maximum atomic E-state index is 6.48. The van der Waals surface area contributed by atoms with Gasteiger partial charge < -0.3 is 9.47 Å². The fraction of sp³-hybridized carbons (Fsp3) is 0. The van der Waals surface area contributed by atoms with Crippen LogP contribution in [0.15, 0.2) is 171 Å². The molecule has 0 radical (unpaired) electrons. The van der Waals surface area contributed by atoms with Crippen LogP contribution in [-0.4, -0.2) is 38.7 Å². The maximum Gasteiger partial charge on any atom is 0.137 e. The summed E-state index contributed by atoms with van der Waals surface area (Å²) in [5.41, 5.74) is 5.73. The molecule has 10 nitrogen and oxygen atoms in total. The van der Waals surface area contributed by atoms with E-state index in [2.05, 4.69) is 43.6 Å². The molecule has 10 heteroatoms. The highest BCUT2D eigenvalue weighted by Gasteiger charge is 2.24. The molecule has 6 heterocycles. The lowest BCUT2D eigenvalue weighted by Crippen LogP contribution is -1.97. The summed E-state index contributed by atoms with van der Waals surface area (Å²) in [6, 6.07) is 43.8. The van der Waals surface area contributed by atoms with Crippen LogP contribution >= 0.6 is 0 Å². The van der Waals surface area contributed by atoms with Crippen molar-refractivity contribution in [1.82, 2.24) is 38.7 Å². The largest absolute Gasteiger partial charge is 0.457 e. The molecule has 6 aromatic heterocycles. The molecule has 0 aliphatic rings. The molecule has 0 N–H and O–H groups in total. The van der Waals surface area contributed by atoms with Crippen LogP contribution in [0.1, 0.15) is 0 Å². The summed E-state index contributed by atoms with van der Waals surface area (Å²) in [5.74, 6) is 4.39. The summed E-state index contributed by atoms with van der Waals surface area (Å²) in [6.07, 6.45) is 11.0. The third kappa shape index (κ3) is 5.05. The van der Waals surface area contributed by atoms with Gasteiger partial charge in [0.15, 0.2) is 0 Å². The van der Waals surface area contributed by atoms with Crippen LogP contribution in [0.5, 0.6) is 23.0 Å². The second-order valence-electron chi connectivity index (χ2n) is 12.2. The lowest BCUT2D eigenvalue weighted by Gasteiger charge is -2.12. The van der Waals surface area contributed by atoms with E-state index in [1.807, 2.05) is 143 Å². The monoisotopic (exact) mass is 676 g/mol. The number of ether oxygens (including phenoxy) is 2. The van der Waals surface area contributed by atoms with E-state index in [1.54, 1.807) is 12.4 Å². The van der Waals surface area contributed by atoms with Crippen LogP contribution in [0.25, 0.3) is 55.8 Å². The molecule has 0 aliphatic carbocycles. The van der Waals surface area contributed by atoms with E-state index < -0.39 is 0 Å². The summed E-state index contributed by atoms with van der Waals surface area (Å²) >= 11 is 0. The first-order valence-corrected chi connectivity index (χ1v) is 16.8. The Balaban J connectivity index is 1.16. The first kappa shape index (κ1) is 29.5. The van der Waals surface area contributed by atoms with Crippen LogP contribution in [0, 0.1) is 0 Å². The second kappa shape index (κ2) is 12.1. The lowest BCUT2D eigenvalue weighted by atomic mass is 10.2. The number of hydrogen-bond acceptors (Lipinski definition) is 6. The molecule has 0 spiro atoms. The SMILES string of the molecule is c1ccc(-n2c3cc(Oc4cccc(-n5cccn5)c4)ccc3c3c2c2ccc(Oc4cccc(-n5cccn5)c4)cc2n3-c2ccccn2)nc1. The summed E-state index contributed by atoms with van der Waals surface area (Å²) in [5, 5.41) is 10.8. The molecular formula is C42H28N8O2. The zero-order chi connectivity index (χ0) is 34.4. The van der Waals surface area contributed by atoms with Gasteiger partial charge in [-0.15, -0.1) is 0 Å². The smallest absolute Gasteiger partial charge is 0.137 e. The molecule has 0 aliphatic heterocycles. The minimum absolute atomic E-state index is 0.698. The van der Waals surface area contributed by atoms with E-state index >= 15 is 0 Å². The van der Waals surface area contributed by atoms with Crippen molar-refractivity contribution in [1.29, 1.82) is 0 Å². The molecule has 0 atom stereocenters. The third-order valence-corrected chi connectivity index (χ3v) is 9.00. The van der Waals surface area contributed by atoms with Crippen molar-refractivity contribution in [2.75, 3.05) is 0 Å². The topological polar surface area (TPSA) is 89.7 Å². The van der Waals surface area contributed by atoms with Crippen molar-refractivity contribution >= 4 is 32.8 Å². The van der Waals surface area contributed by atoms with E-state index in [0.29, 0.717) is 23.0 Å². The first-order chi connectivity index (χ1) is 25.8. The first-order valence-electron chi connectivity index (χ1n) is 16.8. The number of nitrogens with zero attached hydrogens (tertiary/aromatic N) is 8. The Bertz CT molecular complexity index is 2650. The third-order valence-electron chi connectivity index (χ3n) is 9.00. The summed E-state index contributed by atoms with van der Waals surface area (Å²) in [4.78, 5) is 9.65. The number of benzene rings is 4. The highest BCUT2D eigenvalue weighted by Crippen LogP contribution is 2.43. The Morgan fingerprint density at radius 2 is 0.885 bits per heavy atom. The van der Waals surface area contributed by atoms with E-state index in [9.17, 15) is 0 Å². The predicted octanol–water partition coefficient (Wildman–Crippen LogP) is 9.47. The summed E-state index contributed by atoms with van der Waals surface area (Å²) in [6.45, 7) is 0. The van der Waals surface area contributed by atoms with Gasteiger partial charge in [0, 0.05) is 72.2 Å². The molecule has 10 rings (SSSR count). The van der Waals surface area contributed by atoms with Gasteiger partial charge in [-0.1, -0.05) is 24.3 Å². The Morgan fingerprint density at radius 3 is 1.31 bits per heavy atom. The zero-order valence-electron chi connectivity index (χ0n) is 27.6. The number of aromatic nitrogens is 8. The Hall–Kier alpha value is -7.46. The molecule has 0 amide bonds. The van der Waals surface area contributed by atoms with Crippen LogP contribution < -0.4 is 9.47 Å². The van der Waals surface area contributed by atoms with Gasteiger partial charge in [0.25, 0.3) is 0 Å². The van der Waals surface area contributed by atoms with Crippen molar-refractivity contribution in [3.63, 3.8) is 0 Å². The van der Waals surface area contributed by atoms with E-state index in [4.69, 9.17) is 19.4 Å². The normalized spacial score (nSPS) is 11.5.